The van der Waals surface area contributed by atoms with Crippen LogP contribution in [0.5, 0.6) is 5.75 Å². The van der Waals surface area contributed by atoms with Gasteiger partial charge in [0.2, 0.25) is 11.9 Å². The SMILES string of the molecule is COc1ccc(Sc2cc(Nc3cccc(F)c3)nc(N[C@@H](CC(C)C)C(=O)NCCCn3ccnc3)n2)cc1. The summed E-state index contributed by atoms with van der Waals surface area (Å²) < 4.78 is 21.1. The Balaban J connectivity index is 1.52. The second-order valence-electron chi connectivity index (χ2n) is 9.60. The fourth-order valence-corrected chi connectivity index (χ4v) is 4.77. The number of imidazole rings is 1. The second kappa shape index (κ2) is 14.3. The van der Waals surface area contributed by atoms with Gasteiger partial charge in [0.25, 0.3) is 0 Å². The Morgan fingerprint density at radius 2 is 1.95 bits per heavy atom. The third-order valence-corrected chi connectivity index (χ3v) is 6.79. The number of benzene rings is 2. The Morgan fingerprint density at radius 3 is 2.65 bits per heavy atom. The lowest BCUT2D eigenvalue weighted by molar-refractivity contribution is -0.122. The van der Waals surface area contributed by atoms with Crippen molar-refractivity contribution in [1.29, 1.82) is 0 Å². The highest BCUT2D eigenvalue weighted by Gasteiger charge is 2.21. The van der Waals surface area contributed by atoms with E-state index in [0.29, 0.717) is 35.4 Å². The lowest BCUT2D eigenvalue weighted by Gasteiger charge is -2.21. The number of anilines is 3. The fraction of sp³-hybridized carbons (Fsp3) is 0.310. The molecule has 1 atom stereocenters. The molecule has 0 unspecified atom stereocenters. The number of hydrogen-bond acceptors (Lipinski definition) is 8. The van der Waals surface area contributed by atoms with Gasteiger partial charge in [-0.2, -0.15) is 4.98 Å². The van der Waals surface area contributed by atoms with Crippen molar-refractivity contribution in [2.24, 2.45) is 5.92 Å². The summed E-state index contributed by atoms with van der Waals surface area (Å²) in [5.74, 6) is 1.33. The van der Waals surface area contributed by atoms with Gasteiger partial charge in [-0.15, -0.1) is 0 Å². The van der Waals surface area contributed by atoms with E-state index in [2.05, 4.69) is 39.8 Å². The van der Waals surface area contributed by atoms with Crippen molar-refractivity contribution in [3.63, 3.8) is 0 Å². The van der Waals surface area contributed by atoms with Gasteiger partial charge in [-0.25, -0.2) is 14.4 Å². The predicted molar refractivity (Wildman–Crippen MR) is 156 cm³/mol. The van der Waals surface area contributed by atoms with Crippen LogP contribution in [0.25, 0.3) is 0 Å². The molecule has 0 bridgehead atoms. The van der Waals surface area contributed by atoms with Gasteiger partial charge < -0.3 is 25.3 Å². The molecular formula is C29H34FN7O2S. The maximum atomic E-state index is 13.8. The van der Waals surface area contributed by atoms with Gasteiger partial charge in [-0.05, 0) is 61.2 Å². The minimum atomic E-state index is -0.531. The lowest BCUT2D eigenvalue weighted by atomic mass is 10.0. The molecular weight excluding hydrogens is 529 g/mol. The number of ether oxygens (including phenoxy) is 1. The van der Waals surface area contributed by atoms with Gasteiger partial charge in [0.1, 0.15) is 28.5 Å². The van der Waals surface area contributed by atoms with Gasteiger partial charge >= 0.3 is 0 Å². The van der Waals surface area contributed by atoms with Gasteiger partial charge in [0.05, 0.1) is 13.4 Å². The minimum absolute atomic E-state index is 0.115. The summed E-state index contributed by atoms with van der Waals surface area (Å²) in [7, 11) is 1.62. The molecule has 0 saturated carbocycles. The highest BCUT2D eigenvalue weighted by molar-refractivity contribution is 7.99. The van der Waals surface area contributed by atoms with Gasteiger partial charge in [0, 0.05) is 42.1 Å². The molecule has 0 aliphatic carbocycles. The first-order chi connectivity index (χ1) is 19.4. The van der Waals surface area contributed by atoms with E-state index in [0.717, 1.165) is 23.6 Å². The zero-order valence-corrected chi connectivity index (χ0v) is 23.6. The van der Waals surface area contributed by atoms with Crippen LogP contribution < -0.4 is 20.7 Å². The maximum Gasteiger partial charge on any atom is 0.242 e. The van der Waals surface area contributed by atoms with Crippen molar-refractivity contribution in [3.8, 4) is 5.75 Å². The number of carbonyl (C=O) groups is 1. The van der Waals surface area contributed by atoms with Gasteiger partial charge in [-0.3, -0.25) is 4.79 Å². The van der Waals surface area contributed by atoms with Gasteiger partial charge in [-0.1, -0.05) is 31.7 Å². The normalized spacial score (nSPS) is 11.7. The number of nitrogens with zero attached hydrogens (tertiary/aromatic N) is 4. The van der Waals surface area contributed by atoms with Crippen LogP contribution in [0, 0.1) is 11.7 Å². The molecule has 9 nitrogen and oxygen atoms in total. The van der Waals surface area contributed by atoms with Crippen molar-refractivity contribution in [3.05, 3.63) is 79.1 Å². The molecule has 3 N–H and O–H groups in total. The molecule has 0 aliphatic heterocycles. The summed E-state index contributed by atoms with van der Waals surface area (Å²) in [4.78, 5) is 27.5. The third-order valence-electron chi connectivity index (χ3n) is 5.86. The standard InChI is InChI=1S/C29H34FN7O2S/c1-20(2)16-25(28(38)32-12-5-14-37-15-13-31-19-37)34-29-35-26(33-22-7-4-6-21(30)17-22)18-27(36-29)40-24-10-8-23(39-3)9-11-24/h4,6-11,13,15,17-20,25H,5,12,14,16H2,1-3H3,(H,32,38)(H2,33,34,35,36)/t25-/m0/s1. The van der Waals surface area contributed by atoms with Crippen LogP contribution in [0.2, 0.25) is 0 Å². The van der Waals surface area contributed by atoms with Crippen molar-refractivity contribution in [1.82, 2.24) is 24.8 Å². The summed E-state index contributed by atoms with van der Waals surface area (Å²) in [6, 6.07) is 15.1. The van der Waals surface area contributed by atoms with Crippen molar-refractivity contribution < 1.29 is 13.9 Å². The third kappa shape index (κ3) is 8.98. The van der Waals surface area contributed by atoms with Crippen LogP contribution in [0.1, 0.15) is 26.7 Å². The molecule has 0 aliphatic rings. The van der Waals surface area contributed by atoms with E-state index < -0.39 is 6.04 Å². The molecule has 2 aromatic heterocycles. The first kappa shape index (κ1) is 28.9. The lowest BCUT2D eigenvalue weighted by Crippen LogP contribution is -2.41. The molecule has 11 heteroatoms. The zero-order chi connectivity index (χ0) is 28.3. The molecule has 0 saturated heterocycles. The molecule has 2 heterocycles. The number of methoxy groups -OCH3 is 1. The monoisotopic (exact) mass is 563 g/mol. The van der Waals surface area contributed by atoms with Gasteiger partial charge in [0.15, 0.2) is 0 Å². The first-order valence-electron chi connectivity index (χ1n) is 13.1. The van der Waals surface area contributed by atoms with Crippen molar-refractivity contribution in [2.45, 2.75) is 49.2 Å². The molecule has 210 valence electrons. The van der Waals surface area contributed by atoms with Crippen molar-refractivity contribution in [2.75, 3.05) is 24.3 Å². The summed E-state index contributed by atoms with van der Waals surface area (Å²) in [6.45, 7) is 5.43. The molecule has 4 rings (SSSR count). The maximum absolute atomic E-state index is 13.8. The van der Waals surface area contributed by atoms with Crippen LogP contribution in [0.3, 0.4) is 0 Å². The number of aryl methyl sites for hydroxylation is 1. The van der Waals surface area contributed by atoms with E-state index in [1.54, 1.807) is 37.8 Å². The average Bonchev–Trinajstić information content (AvgIpc) is 3.44. The van der Waals surface area contributed by atoms with Crippen LogP contribution in [-0.2, 0) is 11.3 Å². The van der Waals surface area contributed by atoms with E-state index >= 15 is 0 Å². The topological polar surface area (TPSA) is 106 Å². The average molecular weight is 564 g/mol. The summed E-state index contributed by atoms with van der Waals surface area (Å²) >= 11 is 1.45. The van der Waals surface area contributed by atoms with E-state index in [-0.39, 0.29) is 17.6 Å². The number of carbonyl (C=O) groups excluding carboxylic acids is 1. The number of rotatable bonds is 14. The molecule has 0 fully saturated rings. The highest BCUT2D eigenvalue weighted by Crippen LogP contribution is 2.31. The number of halogens is 1. The van der Waals surface area contributed by atoms with Crippen LogP contribution in [0.4, 0.5) is 21.8 Å². The molecule has 2 aromatic carbocycles. The first-order valence-corrected chi connectivity index (χ1v) is 13.9. The summed E-state index contributed by atoms with van der Waals surface area (Å²) in [5.41, 5.74) is 0.555. The largest absolute Gasteiger partial charge is 0.497 e. The predicted octanol–water partition coefficient (Wildman–Crippen LogP) is 5.75. The minimum Gasteiger partial charge on any atom is -0.497 e. The fourth-order valence-electron chi connectivity index (χ4n) is 3.96. The quantitative estimate of drug-likeness (QED) is 0.132. The number of hydrogen-bond donors (Lipinski definition) is 3. The number of amides is 1. The smallest absolute Gasteiger partial charge is 0.242 e. The molecule has 0 radical (unpaired) electrons. The number of aromatic nitrogens is 4. The van der Waals surface area contributed by atoms with Crippen LogP contribution in [-0.4, -0.2) is 45.1 Å². The summed E-state index contributed by atoms with van der Waals surface area (Å²) in [5, 5.41) is 10.1. The Morgan fingerprint density at radius 1 is 1.12 bits per heavy atom. The highest BCUT2D eigenvalue weighted by atomic mass is 32.2. The zero-order valence-electron chi connectivity index (χ0n) is 22.8. The Bertz CT molecular complexity index is 1370. The van der Waals surface area contributed by atoms with E-state index in [4.69, 9.17) is 9.72 Å². The number of nitrogens with one attached hydrogen (secondary N) is 3. The Hall–Kier alpha value is -4.12. The van der Waals surface area contributed by atoms with Crippen LogP contribution in [0.15, 0.2) is 83.2 Å². The second-order valence-corrected chi connectivity index (χ2v) is 10.7. The molecule has 1 amide bonds. The Labute approximate surface area is 238 Å². The van der Waals surface area contributed by atoms with E-state index in [1.165, 1.54) is 23.9 Å². The molecule has 0 spiro atoms. The van der Waals surface area contributed by atoms with E-state index in [9.17, 15) is 9.18 Å². The van der Waals surface area contributed by atoms with Crippen LogP contribution >= 0.6 is 11.8 Å². The molecule has 40 heavy (non-hydrogen) atoms. The van der Waals surface area contributed by atoms with Crippen molar-refractivity contribution >= 4 is 35.1 Å². The van der Waals surface area contributed by atoms with E-state index in [1.807, 2.05) is 35.0 Å². The Kier molecular flexibility index (Phi) is 10.3. The molecule has 4 aromatic rings. The summed E-state index contributed by atoms with van der Waals surface area (Å²) in [6.07, 6.45) is 6.77.